The fourth-order valence-electron chi connectivity index (χ4n) is 2.53. The maximum Gasteiger partial charge on any atom is 0.339 e. The molecule has 1 aliphatic heterocycles. The highest BCUT2D eigenvalue weighted by Gasteiger charge is 2.16. The van der Waals surface area contributed by atoms with E-state index in [1.54, 1.807) is 12.1 Å². The van der Waals surface area contributed by atoms with E-state index in [1.807, 2.05) is 17.0 Å². The molecule has 0 aromatic heterocycles. The van der Waals surface area contributed by atoms with Crippen LogP contribution in [0.5, 0.6) is 0 Å². The van der Waals surface area contributed by atoms with E-state index >= 15 is 0 Å². The second kappa shape index (κ2) is 7.67. The number of anilines is 1. The molecule has 1 N–H and O–H groups in total. The van der Waals surface area contributed by atoms with Crippen molar-refractivity contribution in [3.63, 3.8) is 0 Å². The molecule has 0 radical (unpaired) electrons. The molecule has 114 valence electrons. The Balaban J connectivity index is 1.85. The molecule has 5 heteroatoms. The smallest absolute Gasteiger partial charge is 0.339 e. The van der Waals surface area contributed by atoms with E-state index in [1.165, 1.54) is 13.5 Å². The number of carbonyl (C=O) groups excluding carboxylic acids is 2. The normalized spacial score (nSPS) is 14.6. The zero-order chi connectivity index (χ0) is 15.1. The van der Waals surface area contributed by atoms with Crippen molar-refractivity contribution < 1.29 is 14.3 Å². The minimum absolute atomic E-state index is 0.178. The molecule has 1 amide bonds. The number of amides is 1. The van der Waals surface area contributed by atoms with Gasteiger partial charge in [0.2, 0.25) is 5.91 Å². The van der Waals surface area contributed by atoms with Crippen LogP contribution in [-0.4, -0.2) is 43.5 Å². The van der Waals surface area contributed by atoms with Gasteiger partial charge in [-0.2, -0.15) is 0 Å². The Bertz CT molecular complexity index is 496. The van der Waals surface area contributed by atoms with Crippen molar-refractivity contribution in [1.82, 2.24) is 4.90 Å². The molecule has 1 aliphatic rings. The molecule has 1 aromatic carbocycles. The van der Waals surface area contributed by atoms with Crippen molar-refractivity contribution in [3.8, 4) is 0 Å². The summed E-state index contributed by atoms with van der Waals surface area (Å²) in [6, 6.07) is 7.16. The van der Waals surface area contributed by atoms with Crippen LogP contribution in [0.3, 0.4) is 0 Å². The minimum atomic E-state index is -0.375. The molecule has 5 nitrogen and oxygen atoms in total. The van der Waals surface area contributed by atoms with Gasteiger partial charge in [-0.3, -0.25) is 4.79 Å². The van der Waals surface area contributed by atoms with Crippen LogP contribution in [0, 0.1) is 0 Å². The van der Waals surface area contributed by atoms with E-state index < -0.39 is 0 Å². The number of ether oxygens (including phenoxy) is 1. The third kappa shape index (κ3) is 4.21. The van der Waals surface area contributed by atoms with E-state index in [9.17, 15) is 9.59 Å². The Hall–Kier alpha value is -2.04. The lowest BCUT2D eigenvalue weighted by Gasteiger charge is -2.26. The molecule has 0 aliphatic carbocycles. The van der Waals surface area contributed by atoms with Gasteiger partial charge < -0.3 is 15.0 Å². The van der Waals surface area contributed by atoms with Crippen molar-refractivity contribution in [1.29, 1.82) is 0 Å². The van der Waals surface area contributed by atoms with Crippen LogP contribution >= 0.6 is 0 Å². The Kier molecular flexibility index (Phi) is 5.60. The van der Waals surface area contributed by atoms with Gasteiger partial charge in [0.15, 0.2) is 0 Å². The summed E-state index contributed by atoms with van der Waals surface area (Å²) >= 11 is 0. The van der Waals surface area contributed by atoms with Gasteiger partial charge in [0, 0.05) is 31.7 Å². The third-order valence-corrected chi connectivity index (χ3v) is 3.70. The highest BCUT2D eigenvalue weighted by Crippen LogP contribution is 2.16. The Morgan fingerprint density at radius 3 is 2.62 bits per heavy atom. The highest BCUT2D eigenvalue weighted by atomic mass is 16.5. The molecule has 1 heterocycles. The van der Waals surface area contributed by atoms with Gasteiger partial charge in [-0.05, 0) is 31.4 Å². The summed E-state index contributed by atoms with van der Waals surface area (Å²) in [6.45, 7) is 2.26. The lowest BCUT2D eigenvalue weighted by Crippen LogP contribution is -2.36. The van der Waals surface area contributed by atoms with Crippen LogP contribution in [0.1, 0.15) is 36.0 Å². The summed E-state index contributed by atoms with van der Waals surface area (Å²) in [4.78, 5) is 25.6. The number of para-hydroxylation sites is 1. The standard InChI is InChI=1S/C16H22N2O3/c1-21-16(20)13-7-3-4-8-14(13)17-10-9-15(19)18-11-5-2-6-12-18/h3-4,7-8,17H,2,5-6,9-12H2,1H3. The molecule has 0 bridgehead atoms. The summed E-state index contributed by atoms with van der Waals surface area (Å²) in [5.74, 6) is -0.196. The topological polar surface area (TPSA) is 58.6 Å². The van der Waals surface area contributed by atoms with Crippen molar-refractivity contribution >= 4 is 17.6 Å². The number of likely N-dealkylation sites (tertiary alicyclic amines) is 1. The van der Waals surface area contributed by atoms with Crippen molar-refractivity contribution in [2.45, 2.75) is 25.7 Å². The fourth-order valence-corrected chi connectivity index (χ4v) is 2.53. The SMILES string of the molecule is COC(=O)c1ccccc1NCCC(=O)N1CCCCC1. The molecule has 0 atom stereocenters. The molecule has 1 saturated heterocycles. The monoisotopic (exact) mass is 290 g/mol. The molecule has 0 spiro atoms. The summed E-state index contributed by atoms with van der Waals surface area (Å²) in [5, 5.41) is 3.15. The number of hydrogen-bond acceptors (Lipinski definition) is 4. The summed E-state index contributed by atoms with van der Waals surface area (Å²) < 4.78 is 4.75. The zero-order valence-electron chi connectivity index (χ0n) is 12.4. The maximum atomic E-state index is 12.1. The van der Waals surface area contributed by atoms with Crippen LogP contribution in [-0.2, 0) is 9.53 Å². The van der Waals surface area contributed by atoms with Gasteiger partial charge in [0.25, 0.3) is 0 Å². The number of nitrogens with zero attached hydrogens (tertiary/aromatic N) is 1. The Labute approximate surface area is 125 Å². The Morgan fingerprint density at radius 1 is 1.19 bits per heavy atom. The molecular weight excluding hydrogens is 268 g/mol. The number of piperidine rings is 1. The number of hydrogen-bond donors (Lipinski definition) is 1. The third-order valence-electron chi connectivity index (χ3n) is 3.70. The van der Waals surface area contributed by atoms with E-state index in [2.05, 4.69) is 5.32 Å². The lowest BCUT2D eigenvalue weighted by atomic mass is 10.1. The average molecular weight is 290 g/mol. The van der Waals surface area contributed by atoms with Crippen LogP contribution in [0.4, 0.5) is 5.69 Å². The van der Waals surface area contributed by atoms with Crippen LogP contribution in [0.15, 0.2) is 24.3 Å². The summed E-state index contributed by atoms with van der Waals surface area (Å²) in [6.07, 6.45) is 3.86. The van der Waals surface area contributed by atoms with Gasteiger partial charge in [-0.25, -0.2) is 4.79 Å². The summed E-state index contributed by atoms with van der Waals surface area (Å²) in [5.41, 5.74) is 1.20. The summed E-state index contributed by atoms with van der Waals surface area (Å²) in [7, 11) is 1.36. The molecule has 1 fully saturated rings. The van der Waals surface area contributed by atoms with Crippen LogP contribution < -0.4 is 5.32 Å². The van der Waals surface area contributed by atoms with Crippen molar-refractivity contribution in [2.24, 2.45) is 0 Å². The van der Waals surface area contributed by atoms with Gasteiger partial charge in [-0.15, -0.1) is 0 Å². The second-order valence-electron chi connectivity index (χ2n) is 5.16. The maximum absolute atomic E-state index is 12.1. The first-order valence-electron chi connectivity index (χ1n) is 7.41. The van der Waals surface area contributed by atoms with Crippen molar-refractivity contribution in [3.05, 3.63) is 29.8 Å². The fraction of sp³-hybridized carbons (Fsp3) is 0.500. The minimum Gasteiger partial charge on any atom is -0.465 e. The zero-order valence-corrected chi connectivity index (χ0v) is 12.4. The first-order chi connectivity index (χ1) is 10.2. The molecule has 0 unspecified atom stereocenters. The highest BCUT2D eigenvalue weighted by molar-refractivity contribution is 5.95. The number of esters is 1. The van der Waals surface area contributed by atoms with Gasteiger partial charge >= 0.3 is 5.97 Å². The molecular formula is C16H22N2O3. The molecule has 1 aromatic rings. The molecule has 21 heavy (non-hydrogen) atoms. The second-order valence-corrected chi connectivity index (χ2v) is 5.16. The predicted octanol–water partition coefficient (Wildman–Crippen LogP) is 2.29. The largest absolute Gasteiger partial charge is 0.465 e. The van der Waals surface area contributed by atoms with Gasteiger partial charge in [0.05, 0.1) is 12.7 Å². The van der Waals surface area contributed by atoms with Crippen molar-refractivity contribution in [2.75, 3.05) is 32.1 Å². The first-order valence-corrected chi connectivity index (χ1v) is 7.41. The predicted molar refractivity (Wildman–Crippen MR) is 81.3 cm³/mol. The van der Waals surface area contributed by atoms with Gasteiger partial charge in [-0.1, -0.05) is 12.1 Å². The van der Waals surface area contributed by atoms with Crippen LogP contribution in [0.25, 0.3) is 0 Å². The average Bonchev–Trinajstić information content (AvgIpc) is 2.55. The number of rotatable bonds is 5. The van der Waals surface area contributed by atoms with E-state index in [4.69, 9.17) is 4.74 Å². The van der Waals surface area contributed by atoms with Crippen LogP contribution in [0.2, 0.25) is 0 Å². The number of methoxy groups -OCH3 is 1. The van der Waals surface area contributed by atoms with E-state index in [-0.39, 0.29) is 11.9 Å². The first kappa shape index (κ1) is 15.4. The molecule has 2 rings (SSSR count). The Morgan fingerprint density at radius 2 is 1.90 bits per heavy atom. The number of benzene rings is 1. The van der Waals surface area contributed by atoms with E-state index in [0.717, 1.165) is 25.9 Å². The molecule has 0 saturated carbocycles. The quantitative estimate of drug-likeness (QED) is 0.845. The van der Waals surface area contributed by atoms with E-state index in [0.29, 0.717) is 24.2 Å². The lowest BCUT2D eigenvalue weighted by molar-refractivity contribution is -0.131. The number of carbonyl (C=O) groups is 2. The van der Waals surface area contributed by atoms with Gasteiger partial charge in [0.1, 0.15) is 0 Å². The number of nitrogens with one attached hydrogen (secondary N) is 1.